The van der Waals surface area contributed by atoms with Crippen LogP contribution < -0.4 is 10.1 Å². The lowest BCUT2D eigenvalue weighted by atomic mass is 10.2. The molecule has 0 saturated carbocycles. The molecule has 0 aliphatic rings. The van der Waals surface area contributed by atoms with E-state index in [0.29, 0.717) is 33.7 Å². The van der Waals surface area contributed by atoms with Gasteiger partial charge in [0.15, 0.2) is 6.10 Å². The predicted molar refractivity (Wildman–Crippen MR) is 94.9 cm³/mol. The molecule has 2 aromatic carbocycles. The van der Waals surface area contributed by atoms with Crippen LogP contribution in [0.3, 0.4) is 0 Å². The fraction of sp³-hybridized carbons (Fsp3) is 0.235. The van der Waals surface area contributed by atoms with E-state index in [0.717, 1.165) is 0 Å². The Balaban J connectivity index is 1.97. The molecule has 2 aromatic rings. The lowest BCUT2D eigenvalue weighted by Gasteiger charge is -2.15. The van der Waals surface area contributed by atoms with Crippen molar-refractivity contribution >= 4 is 29.0 Å². The number of ether oxygens (including phenoxy) is 1. The first-order chi connectivity index (χ1) is 12.3. The molecule has 0 aliphatic carbocycles. The number of amides is 1. The van der Waals surface area contributed by atoms with E-state index in [1.165, 1.54) is 49.4 Å². The third kappa shape index (κ3) is 5.41. The zero-order valence-corrected chi connectivity index (χ0v) is 14.8. The van der Waals surface area contributed by atoms with Gasteiger partial charge in [0, 0.05) is 22.2 Å². The number of nitro benzene ring substituents is 1. The smallest absolute Gasteiger partial charge is 0.288 e. The molecule has 0 unspecified atom stereocenters. The van der Waals surface area contributed by atoms with Gasteiger partial charge in [-0.1, -0.05) is 11.8 Å². The van der Waals surface area contributed by atoms with Crippen LogP contribution in [0, 0.1) is 17.0 Å². The number of thioether (sulfide) groups is 1. The number of nitrogens with zero attached hydrogens (tertiary/aromatic N) is 1. The van der Waals surface area contributed by atoms with Crippen LogP contribution in [-0.4, -0.2) is 22.7 Å². The normalized spacial score (nSPS) is 11.9. The Labute approximate surface area is 152 Å². The second kappa shape index (κ2) is 8.61. The van der Waals surface area contributed by atoms with Gasteiger partial charge in [0.05, 0.1) is 4.92 Å². The minimum atomic E-state index is -2.51. The minimum absolute atomic E-state index is 0.0313. The van der Waals surface area contributed by atoms with Gasteiger partial charge in [-0.15, -0.1) is 0 Å². The van der Waals surface area contributed by atoms with Gasteiger partial charge in [0.25, 0.3) is 17.4 Å². The molecule has 1 N–H and O–H groups in total. The van der Waals surface area contributed by atoms with Crippen molar-refractivity contribution in [2.75, 3.05) is 5.32 Å². The molecule has 1 atom stereocenters. The number of benzene rings is 2. The number of alkyl halides is 2. The first-order valence-electron chi connectivity index (χ1n) is 7.53. The van der Waals surface area contributed by atoms with E-state index < -0.39 is 22.7 Å². The lowest BCUT2D eigenvalue weighted by Crippen LogP contribution is -2.30. The zero-order valence-electron chi connectivity index (χ0n) is 13.9. The highest BCUT2D eigenvalue weighted by atomic mass is 32.2. The van der Waals surface area contributed by atoms with Crippen molar-refractivity contribution in [2.45, 2.75) is 30.6 Å². The fourth-order valence-electron chi connectivity index (χ4n) is 2.13. The Morgan fingerprint density at radius 1 is 1.23 bits per heavy atom. The summed E-state index contributed by atoms with van der Waals surface area (Å²) < 4.78 is 30.1. The van der Waals surface area contributed by atoms with Crippen LogP contribution in [0.1, 0.15) is 12.5 Å². The highest BCUT2D eigenvalue weighted by Crippen LogP contribution is 2.26. The van der Waals surface area contributed by atoms with Crippen molar-refractivity contribution < 1.29 is 23.2 Å². The van der Waals surface area contributed by atoms with Gasteiger partial charge in [-0.25, -0.2) is 0 Å². The summed E-state index contributed by atoms with van der Waals surface area (Å²) in [5.74, 6) is -2.61. The molecular weight excluding hydrogens is 366 g/mol. The van der Waals surface area contributed by atoms with Crippen LogP contribution in [0.15, 0.2) is 47.4 Å². The van der Waals surface area contributed by atoms with Gasteiger partial charge in [0.2, 0.25) is 0 Å². The zero-order chi connectivity index (χ0) is 19.3. The molecule has 0 bridgehead atoms. The average molecular weight is 382 g/mol. The molecule has 6 nitrogen and oxygen atoms in total. The van der Waals surface area contributed by atoms with Gasteiger partial charge < -0.3 is 10.1 Å². The molecule has 0 heterocycles. The molecule has 0 aliphatic heterocycles. The molecule has 138 valence electrons. The van der Waals surface area contributed by atoms with Crippen molar-refractivity contribution in [3.63, 3.8) is 0 Å². The maximum Gasteiger partial charge on any atom is 0.288 e. The predicted octanol–water partition coefficient (Wildman–Crippen LogP) is 4.62. The van der Waals surface area contributed by atoms with Gasteiger partial charge in [-0.05, 0) is 50.2 Å². The van der Waals surface area contributed by atoms with E-state index in [4.69, 9.17) is 4.74 Å². The minimum Gasteiger partial charge on any atom is -0.481 e. The summed E-state index contributed by atoms with van der Waals surface area (Å²) in [6.07, 6.45) is -0.856. The summed E-state index contributed by atoms with van der Waals surface area (Å²) in [5.41, 5.74) is 0.840. The number of hydrogen-bond donors (Lipinski definition) is 1. The number of carbonyl (C=O) groups excluding carboxylic acids is 1. The van der Waals surface area contributed by atoms with Crippen LogP contribution in [0.2, 0.25) is 0 Å². The Kier molecular flexibility index (Phi) is 6.51. The third-order valence-electron chi connectivity index (χ3n) is 3.39. The molecule has 1 amide bonds. The molecule has 0 spiro atoms. The average Bonchev–Trinajstić information content (AvgIpc) is 2.55. The van der Waals surface area contributed by atoms with Crippen molar-refractivity contribution in [2.24, 2.45) is 0 Å². The van der Waals surface area contributed by atoms with Crippen LogP contribution in [0.5, 0.6) is 5.75 Å². The summed E-state index contributed by atoms with van der Waals surface area (Å²) in [7, 11) is 0. The Bertz CT molecular complexity index is 800. The van der Waals surface area contributed by atoms with Crippen LogP contribution >= 0.6 is 11.8 Å². The van der Waals surface area contributed by atoms with E-state index in [1.807, 2.05) is 0 Å². The summed E-state index contributed by atoms with van der Waals surface area (Å²) in [5, 5.41) is 13.4. The van der Waals surface area contributed by atoms with Gasteiger partial charge >= 0.3 is 0 Å². The molecule has 26 heavy (non-hydrogen) atoms. The Morgan fingerprint density at radius 2 is 1.88 bits per heavy atom. The Morgan fingerprint density at radius 3 is 2.42 bits per heavy atom. The summed E-state index contributed by atoms with van der Waals surface area (Å²) >= 11 is 0.420. The van der Waals surface area contributed by atoms with Gasteiger partial charge in [-0.2, -0.15) is 8.78 Å². The van der Waals surface area contributed by atoms with Crippen molar-refractivity contribution in [1.82, 2.24) is 0 Å². The topological polar surface area (TPSA) is 81.5 Å². The lowest BCUT2D eigenvalue weighted by molar-refractivity contribution is -0.385. The fourth-order valence-corrected chi connectivity index (χ4v) is 2.63. The quantitative estimate of drug-likeness (QED) is 0.429. The van der Waals surface area contributed by atoms with Crippen LogP contribution in [-0.2, 0) is 4.79 Å². The molecule has 9 heteroatoms. The van der Waals surface area contributed by atoms with E-state index in [9.17, 15) is 23.7 Å². The van der Waals surface area contributed by atoms with Crippen LogP contribution in [0.4, 0.5) is 20.2 Å². The second-order valence-electron chi connectivity index (χ2n) is 5.36. The Hall–Kier alpha value is -2.68. The van der Waals surface area contributed by atoms with E-state index in [1.54, 1.807) is 6.92 Å². The SMILES string of the molecule is Cc1cc(O[C@H](C)C(=O)Nc2ccc(SC(F)F)cc2)ccc1[N+](=O)[O-]. The number of nitrogens with one attached hydrogen (secondary N) is 1. The first kappa shape index (κ1) is 19.6. The first-order valence-corrected chi connectivity index (χ1v) is 8.41. The number of carbonyl (C=O) groups is 1. The summed E-state index contributed by atoms with van der Waals surface area (Å²) in [6, 6.07) is 10.2. The second-order valence-corrected chi connectivity index (χ2v) is 6.42. The number of hydrogen-bond acceptors (Lipinski definition) is 5. The van der Waals surface area contributed by atoms with Crippen molar-refractivity contribution in [1.29, 1.82) is 0 Å². The molecule has 0 saturated heterocycles. The standard InChI is InChI=1S/C17H16F2N2O4S/c1-10-9-13(5-8-15(10)21(23)24)25-11(2)16(22)20-12-3-6-14(7-4-12)26-17(18)19/h3-9,11,17H,1-2H3,(H,20,22)/t11-/m1/s1. The number of rotatable bonds is 7. The number of nitro groups is 1. The maximum absolute atomic E-state index is 12.3. The van der Waals surface area contributed by atoms with E-state index in [2.05, 4.69) is 5.32 Å². The molecule has 0 aromatic heterocycles. The highest BCUT2D eigenvalue weighted by molar-refractivity contribution is 7.99. The van der Waals surface area contributed by atoms with Crippen molar-refractivity contribution in [3.05, 3.63) is 58.1 Å². The molecule has 0 fully saturated rings. The maximum atomic E-state index is 12.3. The van der Waals surface area contributed by atoms with Crippen molar-refractivity contribution in [3.8, 4) is 5.75 Å². The van der Waals surface area contributed by atoms with Crippen LogP contribution in [0.25, 0.3) is 0 Å². The van der Waals surface area contributed by atoms with E-state index in [-0.39, 0.29) is 5.69 Å². The third-order valence-corrected chi connectivity index (χ3v) is 4.12. The molecular formula is C17H16F2N2O4S. The summed E-state index contributed by atoms with van der Waals surface area (Å²) in [6.45, 7) is 3.11. The van der Waals surface area contributed by atoms with E-state index >= 15 is 0 Å². The summed E-state index contributed by atoms with van der Waals surface area (Å²) in [4.78, 5) is 22.9. The monoisotopic (exact) mass is 382 g/mol. The largest absolute Gasteiger partial charge is 0.481 e. The number of halogens is 2. The molecule has 2 rings (SSSR count). The molecule has 0 radical (unpaired) electrons. The highest BCUT2D eigenvalue weighted by Gasteiger charge is 2.17. The number of aryl methyl sites for hydroxylation is 1. The van der Waals surface area contributed by atoms with Gasteiger partial charge in [-0.3, -0.25) is 14.9 Å². The van der Waals surface area contributed by atoms with Gasteiger partial charge in [0.1, 0.15) is 5.75 Å². The number of anilines is 1.